The third kappa shape index (κ3) is 4.62. The van der Waals surface area contributed by atoms with Crippen LogP contribution in [0.1, 0.15) is 47.1 Å². The summed E-state index contributed by atoms with van der Waals surface area (Å²) in [6.45, 7) is 20.1. The molecule has 0 aliphatic heterocycles. The van der Waals surface area contributed by atoms with Gasteiger partial charge in [0.25, 0.3) is 0 Å². The van der Waals surface area contributed by atoms with Crippen LogP contribution in [-0.4, -0.2) is 11.2 Å². The van der Waals surface area contributed by atoms with E-state index in [2.05, 4.69) is 62.5 Å². The first kappa shape index (κ1) is 22.2. The van der Waals surface area contributed by atoms with E-state index in [1.54, 1.807) is 11.3 Å². The molecule has 2 aromatic carbocycles. The van der Waals surface area contributed by atoms with Crippen molar-refractivity contribution >= 4 is 21.4 Å². The molecule has 30 heavy (non-hydrogen) atoms. The summed E-state index contributed by atoms with van der Waals surface area (Å²) in [5.74, 6) is 1.42. The molecule has 3 rings (SSSR count). The maximum atomic E-state index is 6.41. The van der Waals surface area contributed by atoms with Crippen LogP contribution in [0.5, 0.6) is 5.75 Å². The lowest BCUT2D eigenvalue weighted by molar-refractivity contribution is -0.105. The van der Waals surface area contributed by atoms with E-state index in [0.29, 0.717) is 5.76 Å². The van der Waals surface area contributed by atoms with E-state index in [1.165, 1.54) is 26.1 Å². The SMILES string of the molecule is C=C(C)C(=C)OC(C)(C)C(C)(C)Oc1ccc2cc(-c3ccc(CC)cc3)sc2c1. The summed E-state index contributed by atoms with van der Waals surface area (Å²) in [4.78, 5) is 1.27. The Morgan fingerprint density at radius 3 is 2.20 bits per heavy atom. The van der Waals surface area contributed by atoms with Gasteiger partial charge in [-0.25, -0.2) is 0 Å². The molecule has 3 aromatic rings. The van der Waals surface area contributed by atoms with Crippen LogP contribution < -0.4 is 4.74 Å². The van der Waals surface area contributed by atoms with Crippen LogP contribution in [0.25, 0.3) is 20.5 Å². The number of rotatable bonds is 8. The van der Waals surface area contributed by atoms with Crippen LogP contribution in [0.3, 0.4) is 0 Å². The van der Waals surface area contributed by atoms with E-state index >= 15 is 0 Å². The largest absolute Gasteiger partial charge is 0.484 e. The van der Waals surface area contributed by atoms with Gasteiger partial charge in [-0.3, -0.25) is 0 Å². The second-order valence-corrected chi connectivity index (χ2v) is 9.87. The van der Waals surface area contributed by atoms with Crippen LogP contribution in [0.15, 0.2) is 73.0 Å². The molecule has 0 N–H and O–H groups in total. The van der Waals surface area contributed by atoms with Crippen LogP contribution in [-0.2, 0) is 11.2 Å². The zero-order chi connectivity index (χ0) is 22.1. The van der Waals surface area contributed by atoms with Crippen molar-refractivity contribution in [2.24, 2.45) is 0 Å². The summed E-state index contributed by atoms with van der Waals surface area (Å²) in [7, 11) is 0. The van der Waals surface area contributed by atoms with E-state index in [9.17, 15) is 0 Å². The Bertz CT molecular complexity index is 1070. The topological polar surface area (TPSA) is 18.5 Å². The smallest absolute Gasteiger partial charge is 0.142 e. The second-order valence-electron chi connectivity index (χ2n) is 8.79. The summed E-state index contributed by atoms with van der Waals surface area (Å²) in [5.41, 5.74) is 2.27. The van der Waals surface area contributed by atoms with E-state index in [4.69, 9.17) is 9.47 Å². The molecule has 2 nitrogen and oxygen atoms in total. The Balaban J connectivity index is 1.84. The highest BCUT2D eigenvalue weighted by Gasteiger charge is 2.42. The van der Waals surface area contributed by atoms with Crippen LogP contribution in [0, 0.1) is 0 Å². The lowest BCUT2D eigenvalue weighted by Gasteiger charge is -2.42. The predicted molar refractivity (Wildman–Crippen MR) is 130 cm³/mol. The summed E-state index contributed by atoms with van der Waals surface area (Å²) < 4.78 is 13.7. The second kappa shape index (κ2) is 8.31. The summed E-state index contributed by atoms with van der Waals surface area (Å²) >= 11 is 1.79. The van der Waals surface area contributed by atoms with Crippen molar-refractivity contribution < 1.29 is 9.47 Å². The third-order valence-electron chi connectivity index (χ3n) is 5.82. The van der Waals surface area contributed by atoms with E-state index < -0.39 is 11.2 Å². The summed E-state index contributed by atoms with van der Waals surface area (Å²) in [5, 5.41) is 1.23. The zero-order valence-corrected chi connectivity index (χ0v) is 19.8. The maximum Gasteiger partial charge on any atom is 0.142 e. The van der Waals surface area contributed by atoms with Gasteiger partial charge in [0.05, 0.1) is 0 Å². The van der Waals surface area contributed by atoms with Crippen molar-refractivity contribution in [3.8, 4) is 16.2 Å². The van der Waals surface area contributed by atoms with Crippen molar-refractivity contribution in [1.29, 1.82) is 0 Å². The normalized spacial score (nSPS) is 12.1. The average Bonchev–Trinajstić information content (AvgIpc) is 3.10. The highest BCUT2D eigenvalue weighted by Crippen LogP contribution is 2.38. The first-order chi connectivity index (χ1) is 14.0. The number of thiophene rings is 1. The maximum absolute atomic E-state index is 6.41. The zero-order valence-electron chi connectivity index (χ0n) is 19.0. The fourth-order valence-corrected chi connectivity index (χ4v) is 4.15. The fraction of sp³-hybridized carbons (Fsp3) is 0.333. The highest BCUT2D eigenvalue weighted by atomic mass is 32.1. The first-order valence-corrected chi connectivity index (χ1v) is 11.2. The molecule has 0 radical (unpaired) electrons. The van der Waals surface area contributed by atoms with Gasteiger partial charge in [0.2, 0.25) is 0 Å². The molecule has 1 aromatic heterocycles. The average molecular weight is 421 g/mol. The van der Waals surface area contributed by atoms with Crippen molar-refractivity contribution in [1.82, 2.24) is 0 Å². The number of fused-ring (bicyclic) bond motifs is 1. The van der Waals surface area contributed by atoms with Gasteiger partial charge >= 0.3 is 0 Å². The molecule has 0 aliphatic carbocycles. The molecule has 158 valence electrons. The summed E-state index contributed by atoms with van der Waals surface area (Å²) in [6, 6.07) is 17.4. The van der Waals surface area contributed by atoms with Gasteiger partial charge in [-0.2, -0.15) is 0 Å². The molecule has 0 spiro atoms. The molecule has 0 atom stereocenters. The number of ether oxygens (including phenoxy) is 2. The Labute approximate surface area is 184 Å². The van der Waals surface area contributed by atoms with Gasteiger partial charge in [-0.1, -0.05) is 44.3 Å². The van der Waals surface area contributed by atoms with Gasteiger partial charge in [0, 0.05) is 9.58 Å². The van der Waals surface area contributed by atoms with Crippen molar-refractivity contribution in [3.63, 3.8) is 0 Å². The number of hydrogen-bond donors (Lipinski definition) is 0. The number of benzene rings is 2. The molecule has 0 saturated heterocycles. The van der Waals surface area contributed by atoms with Crippen LogP contribution in [0.2, 0.25) is 0 Å². The van der Waals surface area contributed by atoms with E-state index in [-0.39, 0.29) is 0 Å². The minimum absolute atomic E-state index is 0.574. The van der Waals surface area contributed by atoms with Gasteiger partial charge in [0.1, 0.15) is 22.7 Å². The third-order valence-corrected chi connectivity index (χ3v) is 6.96. The molecule has 1 heterocycles. The Morgan fingerprint density at radius 1 is 0.933 bits per heavy atom. The molecule has 0 fully saturated rings. The number of hydrogen-bond acceptors (Lipinski definition) is 3. The standard InChI is InChI=1S/C27H32O2S/c1-9-20-10-12-21(13-11-20)24-16-22-14-15-23(17-25(22)30-24)29-27(7,8)26(5,6)28-19(4)18(2)3/h10-17H,2,4,9H2,1,3,5-8H3. The quantitative estimate of drug-likeness (QED) is 0.270. The molecular weight excluding hydrogens is 388 g/mol. The minimum atomic E-state index is -0.584. The monoisotopic (exact) mass is 420 g/mol. The highest BCUT2D eigenvalue weighted by molar-refractivity contribution is 7.22. The Morgan fingerprint density at radius 2 is 1.60 bits per heavy atom. The molecule has 0 aliphatic rings. The van der Waals surface area contributed by atoms with E-state index in [0.717, 1.165) is 17.7 Å². The molecule has 0 unspecified atom stereocenters. The first-order valence-electron chi connectivity index (χ1n) is 10.4. The van der Waals surface area contributed by atoms with Crippen molar-refractivity contribution in [2.45, 2.75) is 59.2 Å². The van der Waals surface area contributed by atoms with E-state index in [1.807, 2.05) is 40.7 Å². The molecular formula is C27H32O2S. The van der Waals surface area contributed by atoms with Gasteiger partial charge in [-0.15, -0.1) is 11.3 Å². The van der Waals surface area contributed by atoms with Crippen molar-refractivity contribution in [3.05, 3.63) is 78.6 Å². The minimum Gasteiger partial charge on any atom is -0.484 e. The van der Waals surface area contributed by atoms with Crippen LogP contribution in [0.4, 0.5) is 0 Å². The lowest BCUT2D eigenvalue weighted by Crippen LogP contribution is -2.51. The predicted octanol–water partition coefficient (Wildman–Crippen LogP) is 8.17. The van der Waals surface area contributed by atoms with Gasteiger partial charge in [-0.05, 0) is 87.4 Å². The van der Waals surface area contributed by atoms with Crippen molar-refractivity contribution in [2.75, 3.05) is 0 Å². The molecule has 0 amide bonds. The van der Waals surface area contributed by atoms with Gasteiger partial charge in [0.15, 0.2) is 0 Å². The van der Waals surface area contributed by atoms with Crippen LogP contribution >= 0.6 is 11.3 Å². The van der Waals surface area contributed by atoms with Gasteiger partial charge < -0.3 is 9.47 Å². The number of allylic oxidation sites excluding steroid dienone is 1. The fourth-order valence-electron chi connectivity index (χ4n) is 3.06. The molecule has 3 heteroatoms. The number of aryl methyl sites for hydroxylation is 1. The Hall–Kier alpha value is -2.52. The molecule has 0 bridgehead atoms. The Kier molecular flexibility index (Phi) is 6.14. The summed E-state index contributed by atoms with van der Waals surface area (Å²) in [6.07, 6.45) is 1.06. The lowest BCUT2D eigenvalue weighted by atomic mass is 9.88. The molecule has 0 saturated carbocycles.